The number of benzene rings is 1. The molecule has 1 aromatic carbocycles. The van der Waals surface area contributed by atoms with E-state index in [0.717, 1.165) is 31.7 Å². The van der Waals surface area contributed by atoms with Crippen LogP contribution >= 0.6 is 0 Å². The first kappa shape index (κ1) is 21.1. The predicted octanol–water partition coefficient (Wildman–Crippen LogP) is 2.76. The van der Waals surface area contributed by atoms with Crippen molar-refractivity contribution in [1.29, 1.82) is 0 Å². The summed E-state index contributed by atoms with van der Waals surface area (Å²) in [6.07, 6.45) is -5.08. The summed E-state index contributed by atoms with van der Waals surface area (Å²) in [5, 5.41) is 7.12. The number of carboxylic acid groups (broad SMARTS) is 1. The topological polar surface area (TPSA) is 60.9 Å². The van der Waals surface area contributed by atoms with Gasteiger partial charge >= 0.3 is 12.1 Å². The molecule has 2 heterocycles. The quantitative estimate of drug-likeness (QED) is 0.807. The Labute approximate surface area is 154 Å². The fourth-order valence-electron chi connectivity index (χ4n) is 3.34. The van der Waals surface area contributed by atoms with E-state index < -0.39 is 12.1 Å². The molecule has 2 aliphatic heterocycles. The molecule has 1 N–H and O–H groups in total. The lowest BCUT2D eigenvalue weighted by Gasteiger charge is -2.43. The molecule has 0 spiro atoms. The highest BCUT2D eigenvalue weighted by Crippen LogP contribution is 2.34. The van der Waals surface area contributed by atoms with Gasteiger partial charge in [0, 0.05) is 44.1 Å². The summed E-state index contributed by atoms with van der Waals surface area (Å²) in [4.78, 5) is 25.3. The summed E-state index contributed by atoms with van der Waals surface area (Å²) in [5.74, 6) is -2.00. The second kappa shape index (κ2) is 8.24. The van der Waals surface area contributed by atoms with Crippen LogP contribution < -0.4 is 0 Å². The van der Waals surface area contributed by atoms with Gasteiger partial charge in [0.25, 0.3) is 0 Å². The number of halogens is 4. The molecule has 27 heavy (non-hydrogen) atoms. The lowest BCUT2D eigenvalue weighted by Crippen LogP contribution is -2.54. The first-order valence-electron chi connectivity index (χ1n) is 8.56. The van der Waals surface area contributed by atoms with Gasteiger partial charge in [0.1, 0.15) is 5.82 Å². The van der Waals surface area contributed by atoms with Crippen molar-refractivity contribution in [1.82, 2.24) is 9.80 Å². The van der Waals surface area contributed by atoms with Gasteiger partial charge in [-0.05, 0) is 17.7 Å². The van der Waals surface area contributed by atoms with Crippen LogP contribution in [0.5, 0.6) is 0 Å². The number of hydrogen-bond acceptors (Lipinski definition) is 3. The van der Waals surface area contributed by atoms with E-state index >= 15 is 0 Å². The summed E-state index contributed by atoms with van der Waals surface area (Å²) in [6.45, 7) is 7.42. The van der Waals surface area contributed by atoms with E-state index in [9.17, 15) is 22.4 Å². The zero-order valence-corrected chi connectivity index (χ0v) is 15.0. The lowest BCUT2D eigenvalue weighted by atomic mass is 9.91. The van der Waals surface area contributed by atoms with Gasteiger partial charge < -0.3 is 10.0 Å². The molecule has 2 saturated heterocycles. The van der Waals surface area contributed by atoms with Crippen molar-refractivity contribution in [3.8, 4) is 0 Å². The predicted molar refractivity (Wildman–Crippen MR) is 89.2 cm³/mol. The maximum Gasteiger partial charge on any atom is 0.490 e. The fraction of sp³-hybridized carbons (Fsp3) is 0.556. The number of nitrogens with zero attached hydrogens (tertiary/aromatic N) is 2. The molecule has 2 fully saturated rings. The molecular formula is C18H22F4N2O3. The normalized spacial score (nSPS) is 22.0. The van der Waals surface area contributed by atoms with Gasteiger partial charge in [0.05, 0.1) is 0 Å². The number of carbonyl (C=O) groups excluding carboxylic acids is 1. The largest absolute Gasteiger partial charge is 0.490 e. The van der Waals surface area contributed by atoms with Gasteiger partial charge in [-0.15, -0.1) is 0 Å². The van der Waals surface area contributed by atoms with E-state index in [1.165, 1.54) is 6.07 Å². The van der Waals surface area contributed by atoms with E-state index in [4.69, 9.17) is 9.90 Å². The molecule has 2 unspecified atom stereocenters. The maximum absolute atomic E-state index is 13.2. The molecule has 0 aliphatic carbocycles. The molecule has 150 valence electrons. The molecule has 5 nitrogen and oxygen atoms in total. The van der Waals surface area contributed by atoms with Crippen LogP contribution in [0.25, 0.3) is 0 Å². The van der Waals surface area contributed by atoms with Gasteiger partial charge in [0.2, 0.25) is 5.91 Å². The molecule has 0 aromatic heterocycles. The highest BCUT2D eigenvalue weighted by molar-refractivity contribution is 5.78. The third-order valence-electron chi connectivity index (χ3n) is 4.67. The van der Waals surface area contributed by atoms with Gasteiger partial charge in [-0.25, -0.2) is 9.18 Å². The van der Waals surface area contributed by atoms with Crippen molar-refractivity contribution in [2.24, 2.45) is 11.8 Å². The summed E-state index contributed by atoms with van der Waals surface area (Å²) < 4.78 is 44.9. The lowest BCUT2D eigenvalue weighted by molar-refractivity contribution is -0.192. The van der Waals surface area contributed by atoms with Crippen molar-refractivity contribution < 1.29 is 32.3 Å². The Morgan fingerprint density at radius 2 is 1.85 bits per heavy atom. The number of carbonyl (C=O) groups is 2. The standard InChI is InChI=1S/C16H21FN2O.C2HF3O2/c1-11(2)16(20)19-9-13-8-18(15(13)10-19)7-12-4-3-5-14(17)6-12;3-2(4,5)1(6)7/h3-6,11,13,15H,7-10H2,1-2H3;(H,6,7). The summed E-state index contributed by atoms with van der Waals surface area (Å²) in [7, 11) is 0. The van der Waals surface area contributed by atoms with E-state index in [2.05, 4.69) is 4.90 Å². The Kier molecular flexibility index (Phi) is 6.46. The van der Waals surface area contributed by atoms with E-state index in [1.54, 1.807) is 12.1 Å². The minimum Gasteiger partial charge on any atom is -0.475 e. The zero-order chi connectivity index (χ0) is 20.4. The second-order valence-corrected chi connectivity index (χ2v) is 7.09. The van der Waals surface area contributed by atoms with Gasteiger partial charge in [-0.1, -0.05) is 26.0 Å². The van der Waals surface area contributed by atoms with Crippen molar-refractivity contribution in [2.75, 3.05) is 19.6 Å². The average Bonchev–Trinajstić information content (AvgIpc) is 2.89. The highest BCUT2D eigenvalue weighted by Gasteiger charge is 2.46. The van der Waals surface area contributed by atoms with Gasteiger partial charge in [-0.2, -0.15) is 13.2 Å². The van der Waals surface area contributed by atoms with E-state index in [0.29, 0.717) is 12.0 Å². The van der Waals surface area contributed by atoms with Crippen molar-refractivity contribution in [2.45, 2.75) is 32.6 Å². The molecule has 0 radical (unpaired) electrons. The number of alkyl halides is 3. The number of hydrogen-bond donors (Lipinski definition) is 1. The molecule has 9 heteroatoms. The van der Waals surface area contributed by atoms with Crippen LogP contribution in [0.15, 0.2) is 24.3 Å². The van der Waals surface area contributed by atoms with Crippen LogP contribution in [0.1, 0.15) is 19.4 Å². The second-order valence-electron chi connectivity index (χ2n) is 7.09. The number of fused-ring (bicyclic) bond motifs is 1. The molecule has 1 amide bonds. The summed E-state index contributed by atoms with van der Waals surface area (Å²) in [5.41, 5.74) is 1.01. The molecular weight excluding hydrogens is 368 g/mol. The van der Waals surface area contributed by atoms with Crippen molar-refractivity contribution in [3.05, 3.63) is 35.6 Å². The number of likely N-dealkylation sites (tertiary alicyclic amines) is 2. The van der Waals surface area contributed by atoms with E-state index in [-0.39, 0.29) is 17.6 Å². The van der Waals surface area contributed by atoms with Crippen LogP contribution in [0.3, 0.4) is 0 Å². The van der Waals surface area contributed by atoms with Gasteiger partial charge in [-0.3, -0.25) is 9.69 Å². The zero-order valence-electron chi connectivity index (χ0n) is 15.0. The molecule has 1 aromatic rings. The number of aliphatic carboxylic acids is 1. The van der Waals surface area contributed by atoms with Crippen LogP contribution in [-0.2, 0) is 16.1 Å². The SMILES string of the molecule is CC(C)C(=O)N1CC2CN(Cc3cccc(F)c3)C2C1.O=C(O)C(F)(F)F. The minimum absolute atomic E-state index is 0.0733. The Hall–Kier alpha value is -2.16. The summed E-state index contributed by atoms with van der Waals surface area (Å²) >= 11 is 0. The van der Waals surface area contributed by atoms with Gasteiger partial charge in [0.15, 0.2) is 0 Å². The Balaban J connectivity index is 0.000000321. The average molecular weight is 390 g/mol. The Morgan fingerprint density at radius 3 is 2.37 bits per heavy atom. The smallest absolute Gasteiger partial charge is 0.475 e. The fourth-order valence-corrected chi connectivity index (χ4v) is 3.34. The highest BCUT2D eigenvalue weighted by atomic mass is 19.4. The van der Waals surface area contributed by atoms with Crippen LogP contribution in [0.4, 0.5) is 17.6 Å². The molecule has 2 aliphatic rings. The number of rotatable bonds is 3. The molecule has 0 bridgehead atoms. The minimum atomic E-state index is -5.08. The first-order chi connectivity index (χ1) is 12.5. The van der Waals surface area contributed by atoms with Crippen LogP contribution in [0.2, 0.25) is 0 Å². The third kappa shape index (κ3) is 5.41. The van der Waals surface area contributed by atoms with Crippen molar-refractivity contribution >= 4 is 11.9 Å². The van der Waals surface area contributed by atoms with E-state index in [1.807, 2.05) is 24.8 Å². The van der Waals surface area contributed by atoms with Crippen LogP contribution in [-0.4, -0.2) is 58.6 Å². The number of amides is 1. The number of carboxylic acids is 1. The van der Waals surface area contributed by atoms with Crippen LogP contribution in [0, 0.1) is 17.7 Å². The maximum atomic E-state index is 13.2. The van der Waals surface area contributed by atoms with Crippen molar-refractivity contribution in [3.63, 3.8) is 0 Å². The molecule has 2 atom stereocenters. The third-order valence-corrected chi connectivity index (χ3v) is 4.67. The monoisotopic (exact) mass is 390 g/mol. The first-order valence-corrected chi connectivity index (χ1v) is 8.56. The summed E-state index contributed by atoms with van der Waals surface area (Å²) in [6, 6.07) is 7.24. The Bertz CT molecular complexity index is 693. The molecule has 0 saturated carbocycles. The Morgan fingerprint density at radius 1 is 1.22 bits per heavy atom. The molecule has 3 rings (SSSR count).